The molecular weight excluding hydrogens is 206 g/mol. The quantitative estimate of drug-likeness (QED) is 0.680. The van der Waals surface area contributed by atoms with Crippen LogP contribution in [0.25, 0.3) is 4.85 Å². The Morgan fingerprint density at radius 2 is 2.31 bits per heavy atom. The third-order valence-corrected chi connectivity index (χ3v) is 2.28. The molecule has 0 saturated carbocycles. The molecule has 0 aromatic heterocycles. The first-order valence-corrected chi connectivity index (χ1v) is 5.47. The van der Waals surface area contributed by atoms with Crippen LogP contribution in [0.3, 0.4) is 0 Å². The van der Waals surface area contributed by atoms with Crippen LogP contribution >= 0.6 is 0 Å². The molecular formula is C11H19N3O2. The van der Waals surface area contributed by atoms with Crippen LogP contribution < -0.4 is 5.32 Å². The average molecular weight is 225 g/mol. The molecule has 1 aliphatic rings. The molecule has 5 heteroatoms. The van der Waals surface area contributed by atoms with Crippen LogP contribution in [0.2, 0.25) is 0 Å². The van der Waals surface area contributed by atoms with Crippen molar-refractivity contribution in [1.29, 1.82) is 0 Å². The zero-order valence-electron chi connectivity index (χ0n) is 10.1. The van der Waals surface area contributed by atoms with E-state index in [2.05, 4.69) is 10.2 Å². The fraction of sp³-hybridized carbons (Fsp3) is 0.818. The maximum absolute atomic E-state index is 11.9. The molecule has 1 heterocycles. The van der Waals surface area contributed by atoms with E-state index in [1.165, 1.54) is 0 Å². The molecule has 1 fully saturated rings. The summed E-state index contributed by atoms with van der Waals surface area (Å²) in [5, 5.41) is 3.17. The second-order valence-corrected chi connectivity index (χ2v) is 4.87. The van der Waals surface area contributed by atoms with Gasteiger partial charge < -0.3 is 14.9 Å². The Bertz CT molecular complexity index is 291. The predicted molar refractivity (Wildman–Crippen MR) is 61.1 cm³/mol. The molecule has 5 nitrogen and oxygen atoms in total. The van der Waals surface area contributed by atoms with Crippen molar-refractivity contribution in [2.75, 3.05) is 26.2 Å². The summed E-state index contributed by atoms with van der Waals surface area (Å²) < 4.78 is 5.31. The van der Waals surface area contributed by atoms with E-state index in [9.17, 15) is 4.79 Å². The van der Waals surface area contributed by atoms with Crippen LogP contribution in [0.1, 0.15) is 20.8 Å². The average Bonchev–Trinajstić information content (AvgIpc) is 2.16. The Balaban J connectivity index is 2.61. The monoisotopic (exact) mass is 225 g/mol. The van der Waals surface area contributed by atoms with Crippen LogP contribution in [0.15, 0.2) is 0 Å². The van der Waals surface area contributed by atoms with Crippen molar-refractivity contribution < 1.29 is 9.53 Å². The fourth-order valence-electron chi connectivity index (χ4n) is 1.59. The van der Waals surface area contributed by atoms with Crippen molar-refractivity contribution in [3.8, 4) is 0 Å². The van der Waals surface area contributed by atoms with E-state index in [1.54, 1.807) is 4.90 Å². The molecule has 16 heavy (non-hydrogen) atoms. The lowest BCUT2D eigenvalue weighted by molar-refractivity contribution is 0.0138. The van der Waals surface area contributed by atoms with E-state index in [1.807, 2.05) is 20.8 Å². The van der Waals surface area contributed by atoms with E-state index in [0.29, 0.717) is 19.6 Å². The summed E-state index contributed by atoms with van der Waals surface area (Å²) >= 11 is 0. The molecule has 90 valence electrons. The SMILES string of the molecule is [C-]#[N+]C[C@H]1CNCCN1C(=O)OC(C)(C)C. The number of amides is 1. The number of piperazine rings is 1. The number of nitrogens with zero attached hydrogens (tertiary/aromatic N) is 2. The second kappa shape index (κ2) is 5.17. The lowest BCUT2D eigenvalue weighted by atomic mass is 10.2. The van der Waals surface area contributed by atoms with E-state index in [-0.39, 0.29) is 12.1 Å². The number of rotatable bonds is 1. The number of carbonyl (C=O) groups is 1. The molecule has 1 N–H and O–H groups in total. The Kier molecular flexibility index (Phi) is 4.13. The fourth-order valence-corrected chi connectivity index (χ4v) is 1.59. The standard InChI is InChI=1S/C11H19N3O2/c1-11(2,3)16-10(15)14-6-5-13-8-9(14)7-12-4/h9,13H,5-8H2,1-3H3/t9-/m0/s1. The minimum atomic E-state index is -0.482. The first-order chi connectivity index (χ1) is 7.44. The van der Waals surface area contributed by atoms with Gasteiger partial charge in [0.1, 0.15) is 11.6 Å². The summed E-state index contributed by atoms with van der Waals surface area (Å²) in [4.78, 5) is 16.9. The topological polar surface area (TPSA) is 45.9 Å². The number of hydrogen-bond donors (Lipinski definition) is 1. The summed E-state index contributed by atoms with van der Waals surface area (Å²) in [6.45, 7) is 14.8. The largest absolute Gasteiger partial charge is 0.444 e. The van der Waals surface area contributed by atoms with Gasteiger partial charge in [-0.3, -0.25) is 4.90 Å². The van der Waals surface area contributed by atoms with Gasteiger partial charge >= 0.3 is 6.09 Å². The molecule has 1 saturated heterocycles. The van der Waals surface area contributed by atoms with Gasteiger partial charge in [0.15, 0.2) is 0 Å². The van der Waals surface area contributed by atoms with Gasteiger partial charge in [0, 0.05) is 19.6 Å². The van der Waals surface area contributed by atoms with Crippen LogP contribution in [-0.4, -0.2) is 48.8 Å². The normalized spacial score (nSPS) is 21.4. The molecule has 0 aromatic rings. The van der Waals surface area contributed by atoms with E-state index < -0.39 is 5.60 Å². The Labute approximate surface area is 96.6 Å². The summed E-state index contributed by atoms with van der Waals surface area (Å²) in [6, 6.07) is -0.0684. The van der Waals surface area contributed by atoms with Crippen molar-refractivity contribution in [3.05, 3.63) is 11.4 Å². The lowest BCUT2D eigenvalue weighted by Gasteiger charge is -2.34. The van der Waals surface area contributed by atoms with Crippen molar-refractivity contribution in [2.45, 2.75) is 32.4 Å². The Hall–Kier alpha value is -1.28. The molecule has 1 amide bonds. The van der Waals surface area contributed by atoms with Gasteiger partial charge in [-0.25, -0.2) is 11.4 Å². The predicted octanol–water partition coefficient (Wildman–Crippen LogP) is 1.11. The molecule has 1 aliphatic heterocycles. The van der Waals surface area contributed by atoms with Gasteiger partial charge in [0.2, 0.25) is 6.54 Å². The lowest BCUT2D eigenvalue weighted by Crippen LogP contribution is -2.55. The van der Waals surface area contributed by atoms with Gasteiger partial charge in [-0.05, 0) is 20.8 Å². The van der Waals surface area contributed by atoms with Crippen LogP contribution in [-0.2, 0) is 4.74 Å². The number of hydrogen-bond acceptors (Lipinski definition) is 3. The summed E-state index contributed by atoms with van der Waals surface area (Å²) in [7, 11) is 0. The smallest absolute Gasteiger partial charge is 0.410 e. The molecule has 0 spiro atoms. The highest BCUT2D eigenvalue weighted by molar-refractivity contribution is 5.68. The zero-order chi connectivity index (χ0) is 12.2. The van der Waals surface area contributed by atoms with Crippen molar-refractivity contribution >= 4 is 6.09 Å². The minimum Gasteiger partial charge on any atom is -0.444 e. The number of ether oxygens (including phenoxy) is 1. The van der Waals surface area contributed by atoms with Crippen molar-refractivity contribution in [3.63, 3.8) is 0 Å². The molecule has 1 atom stereocenters. The van der Waals surface area contributed by atoms with Gasteiger partial charge in [0.25, 0.3) is 0 Å². The zero-order valence-corrected chi connectivity index (χ0v) is 10.1. The number of nitrogens with one attached hydrogen (secondary N) is 1. The summed E-state index contributed by atoms with van der Waals surface area (Å²) in [5.41, 5.74) is -0.482. The third-order valence-electron chi connectivity index (χ3n) is 2.28. The first-order valence-electron chi connectivity index (χ1n) is 5.47. The van der Waals surface area contributed by atoms with Crippen LogP contribution in [0, 0.1) is 6.57 Å². The van der Waals surface area contributed by atoms with Gasteiger partial charge in [-0.2, -0.15) is 0 Å². The second-order valence-electron chi connectivity index (χ2n) is 4.87. The maximum Gasteiger partial charge on any atom is 0.410 e. The van der Waals surface area contributed by atoms with Gasteiger partial charge in [-0.15, -0.1) is 0 Å². The molecule has 0 aliphatic carbocycles. The summed E-state index contributed by atoms with van der Waals surface area (Å²) in [6.07, 6.45) is -0.317. The van der Waals surface area contributed by atoms with E-state index >= 15 is 0 Å². The molecule has 0 aromatic carbocycles. The van der Waals surface area contributed by atoms with Crippen molar-refractivity contribution in [1.82, 2.24) is 10.2 Å². The molecule has 0 unspecified atom stereocenters. The highest BCUT2D eigenvalue weighted by Gasteiger charge is 2.31. The Morgan fingerprint density at radius 1 is 1.62 bits per heavy atom. The first kappa shape index (κ1) is 12.8. The Morgan fingerprint density at radius 3 is 2.88 bits per heavy atom. The third kappa shape index (κ3) is 3.70. The highest BCUT2D eigenvalue weighted by Crippen LogP contribution is 2.13. The minimum absolute atomic E-state index is 0.0684. The van der Waals surface area contributed by atoms with Crippen molar-refractivity contribution in [2.24, 2.45) is 0 Å². The molecule has 0 bridgehead atoms. The van der Waals surface area contributed by atoms with Crippen LogP contribution in [0.5, 0.6) is 0 Å². The number of carbonyl (C=O) groups excluding carboxylic acids is 1. The van der Waals surface area contributed by atoms with Gasteiger partial charge in [0.05, 0.1) is 0 Å². The van der Waals surface area contributed by atoms with Crippen LogP contribution in [0.4, 0.5) is 4.79 Å². The van der Waals surface area contributed by atoms with E-state index in [0.717, 1.165) is 6.54 Å². The van der Waals surface area contributed by atoms with Gasteiger partial charge in [-0.1, -0.05) is 0 Å². The molecule has 1 rings (SSSR count). The summed E-state index contributed by atoms with van der Waals surface area (Å²) in [5.74, 6) is 0. The highest BCUT2D eigenvalue weighted by atomic mass is 16.6. The van der Waals surface area contributed by atoms with E-state index in [4.69, 9.17) is 11.3 Å². The molecule has 0 radical (unpaired) electrons. The maximum atomic E-state index is 11.9.